The summed E-state index contributed by atoms with van der Waals surface area (Å²) in [6, 6.07) is 3.69. The number of amides is 2. The van der Waals surface area contributed by atoms with Crippen LogP contribution >= 0.6 is 0 Å². The molecule has 0 radical (unpaired) electrons. The highest BCUT2D eigenvalue weighted by Crippen LogP contribution is 2.24. The van der Waals surface area contributed by atoms with Crippen LogP contribution in [0.1, 0.15) is 5.56 Å². The van der Waals surface area contributed by atoms with Crippen LogP contribution in [0.5, 0.6) is 0 Å². The van der Waals surface area contributed by atoms with Gasteiger partial charge in [-0.1, -0.05) is 6.07 Å². The molecule has 0 aliphatic rings. The van der Waals surface area contributed by atoms with Gasteiger partial charge in [0.05, 0.1) is 11.1 Å². The minimum atomic E-state index is -0.803. The number of nitrogens with two attached hydrogens (primary N) is 1. The highest BCUT2D eigenvalue weighted by atomic mass is 16.6. The van der Waals surface area contributed by atoms with E-state index >= 15 is 0 Å². The van der Waals surface area contributed by atoms with Crippen LogP contribution < -0.4 is 16.5 Å². The summed E-state index contributed by atoms with van der Waals surface area (Å²) in [7, 11) is 1.59. The van der Waals surface area contributed by atoms with Gasteiger partial charge < -0.3 is 11.1 Å². The Labute approximate surface area is 96.6 Å². The number of nitrogens with zero attached hydrogens (tertiary/aromatic N) is 2. The van der Waals surface area contributed by atoms with Crippen LogP contribution in [0.15, 0.2) is 23.3 Å². The first-order valence-corrected chi connectivity index (χ1v) is 4.59. The molecule has 0 atom stereocenters. The van der Waals surface area contributed by atoms with E-state index in [9.17, 15) is 14.9 Å². The van der Waals surface area contributed by atoms with Crippen molar-refractivity contribution in [1.82, 2.24) is 5.43 Å². The van der Waals surface area contributed by atoms with Crippen LogP contribution in [0.4, 0.5) is 16.2 Å². The molecule has 0 aliphatic heterocycles. The molecular formula is C9H11N5O3. The highest BCUT2D eigenvalue weighted by Gasteiger charge is 2.12. The fourth-order valence-electron chi connectivity index (χ4n) is 1.16. The van der Waals surface area contributed by atoms with Crippen LogP contribution in [0, 0.1) is 10.1 Å². The second kappa shape index (κ2) is 5.45. The number of anilines is 1. The number of hydrogen-bond donors (Lipinski definition) is 3. The lowest BCUT2D eigenvalue weighted by Crippen LogP contribution is -2.24. The second-order valence-electron chi connectivity index (χ2n) is 3.02. The molecule has 0 heterocycles. The molecule has 0 unspecified atom stereocenters. The molecule has 0 saturated carbocycles. The van der Waals surface area contributed by atoms with Crippen molar-refractivity contribution in [2.75, 3.05) is 12.4 Å². The zero-order valence-corrected chi connectivity index (χ0v) is 9.01. The third-order valence-electron chi connectivity index (χ3n) is 1.88. The zero-order chi connectivity index (χ0) is 12.8. The SMILES string of the molecule is CNc1ccc(C=NNC(N)=O)cc1[N+](=O)[O-]. The Bertz CT molecular complexity index is 472. The number of carbonyl (C=O) groups excluding carboxylic acids is 1. The fourth-order valence-corrected chi connectivity index (χ4v) is 1.16. The first kappa shape index (κ1) is 12.4. The Morgan fingerprint density at radius 1 is 1.59 bits per heavy atom. The van der Waals surface area contributed by atoms with Gasteiger partial charge in [0.15, 0.2) is 0 Å². The maximum Gasteiger partial charge on any atom is 0.332 e. The van der Waals surface area contributed by atoms with Gasteiger partial charge in [-0.2, -0.15) is 5.10 Å². The minimum absolute atomic E-state index is 0.0736. The predicted octanol–water partition coefficient (Wildman–Crippen LogP) is 0.639. The van der Waals surface area contributed by atoms with E-state index in [0.29, 0.717) is 11.3 Å². The molecule has 90 valence electrons. The predicted molar refractivity (Wildman–Crippen MR) is 63.0 cm³/mol. The Morgan fingerprint density at radius 2 is 2.29 bits per heavy atom. The van der Waals surface area contributed by atoms with Crippen LogP contribution in [0.25, 0.3) is 0 Å². The molecule has 8 heteroatoms. The maximum atomic E-state index is 10.7. The van der Waals surface area contributed by atoms with Crippen LogP contribution in [0.2, 0.25) is 0 Å². The molecule has 0 aliphatic carbocycles. The maximum absolute atomic E-state index is 10.7. The number of nitro groups is 1. The number of primary amides is 1. The number of nitrogens with one attached hydrogen (secondary N) is 2. The van der Waals surface area contributed by atoms with E-state index in [-0.39, 0.29) is 5.69 Å². The highest BCUT2D eigenvalue weighted by molar-refractivity contribution is 5.84. The molecule has 0 bridgehead atoms. The lowest BCUT2D eigenvalue weighted by atomic mass is 10.2. The molecule has 1 rings (SSSR count). The van der Waals surface area contributed by atoms with Gasteiger partial charge in [-0.15, -0.1) is 0 Å². The van der Waals surface area contributed by atoms with E-state index in [1.54, 1.807) is 19.2 Å². The fraction of sp³-hybridized carbons (Fsp3) is 0.111. The number of hydrogen-bond acceptors (Lipinski definition) is 5. The van der Waals surface area contributed by atoms with E-state index in [2.05, 4.69) is 10.4 Å². The number of carbonyl (C=O) groups is 1. The van der Waals surface area contributed by atoms with E-state index in [4.69, 9.17) is 5.73 Å². The van der Waals surface area contributed by atoms with Crippen molar-refractivity contribution in [3.05, 3.63) is 33.9 Å². The molecule has 4 N–H and O–H groups in total. The van der Waals surface area contributed by atoms with E-state index in [0.717, 1.165) is 0 Å². The van der Waals surface area contributed by atoms with Gasteiger partial charge in [-0.3, -0.25) is 10.1 Å². The van der Waals surface area contributed by atoms with Crippen molar-refractivity contribution in [2.45, 2.75) is 0 Å². The molecule has 1 aromatic rings. The average Bonchev–Trinajstić information content (AvgIpc) is 2.28. The quantitative estimate of drug-likeness (QED) is 0.404. The van der Waals surface area contributed by atoms with Gasteiger partial charge in [0.1, 0.15) is 5.69 Å². The molecule has 8 nitrogen and oxygen atoms in total. The van der Waals surface area contributed by atoms with E-state index in [1.807, 2.05) is 5.43 Å². The van der Waals surface area contributed by atoms with Crippen LogP contribution in [0.3, 0.4) is 0 Å². The minimum Gasteiger partial charge on any atom is -0.383 e. The Balaban J connectivity index is 2.96. The topological polar surface area (TPSA) is 123 Å². The van der Waals surface area contributed by atoms with Gasteiger partial charge in [0, 0.05) is 18.7 Å². The first-order chi connectivity index (χ1) is 8.04. The smallest absolute Gasteiger partial charge is 0.332 e. The number of urea groups is 1. The zero-order valence-electron chi connectivity index (χ0n) is 9.01. The van der Waals surface area contributed by atoms with Crippen molar-refractivity contribution in [1.29, 1.82) is 0 Å². The summed E-state index contributed by atoms with van der Waals surface area (Å²) < 4.78 is 0. The average molecular weight is 237 g/mol. The Morgan fingerprint density at radius 3 is 2.82 bits per heavy atom. The molecule has 0 aromatic heterocycles. The molecular weight excluding hydrogens is 226 g/mol. The second-order valence-corrected chi connectivity index (χ2v) is 3.02. The van der Waals surface area contributed by atoms with Crippen molar-refractivity contribution >= 4 is 23.6 Å². The largest absolute Gasteiger partial charge is 0.383 e. The number of benzene rings is 1. The molecule has 2 amide bonds. The number of nitro benzene ring substituents is 1. The van der Waals surface area contributed by atoms with Crippen LogP contribution in [-0.4, -0.2) is 24.2 Å². The molecule has 0 saturated heterocycles. The molecule has 0 spiro atoms. The van der Waals surface area contributed by atoms with Crippen molar-refractivity contribution in [2.24, 2.45) is 10.8 Å². The summed E-state index contributed by atoms with van der Waals surface area (Å²) in [5, 5.41) is 17.0. The summed E-state index contributed by atoms with van der Waals surface area (Å²) in [6.45, 7) is 0. The van der Waals surface area contributed by atoms with Gasteiger partial charge in [0.25, 0.3) is 5.69 Å². The van der Waals surface area contributed by atoms with E-state index in [1.165, 1.54) is 12.3 Å². The van der Waals surface area contributed by atoms with Crippen molar-refractivity contribution in [3.63, 3.8) is 0 Å². The van der Waals surface area contributed by atoms with Gasteiger partial charge in [0.2, 0.25) is 0 Å². The summed E-state index contributed by atoms with van der Waals surface area (Å²) in [5.41, 5.74) is 7.59. The number of hydrazone groups is 1. The third-order valence-corrected chi connectivity index (χ3v) is 1.88. The molecule has 1 aromatic carbocycles. The lowest BCUT2D eigenvalue weighted by molar-refractivity contribution is -0.383. The summed E-state index contributed by atoms with van der Waals surface area (Å²) in [6.07, 6.45) is 1.26. The van der Waals surface area contributed by atoms with Gasteiger partial charge >= 0.3 is 6.03 Å². The summed E-state index contributed by atoms with van der Waals surface area (Å²) in [4.78, 5) is 20.6. The summed E-state index contributed by atoms with van der Waals surface area (Å²) >= 11 is 0. The first-order valence-electron chi connectivity index (χ1n) is 4.59. The van der Waals surface area contributed by atoms with Gasteiger partial charge in [-0.25, -0.2) is 10.2 Å². The lowest BCUT2D eigenvalue weighted by Gasteiger charge is -2.02. The van der Waals surface area contributed by atoms with Crippen molar-refractivity contribution in [3.8, 4) is 0 Å². The number of rotatable bonds is 4. The molecule has 17 heavy (non-hydrogen) atoms. The monoisotopic (exact) mass is 237 g/mol. The van der Waals surface area contributed by atoms with Crippen LogP contribution in [-0.2, 0) is 0 Å². The molecule has 0 fully saturated rings. The Hall–Kier alpha value is -2.64. The Kier molecular flexibility index (Phi) is 3.98. The normalized spacial score (nSPS) is 10.2. The van der Waals surface area contributed by atoms with Crippen molar-refractivity contribution < 1.29 is 9.72 Å². The summed E-state index contributed by atoms with van der Waals surface area (Å²) in [5.74, 6) is 0. The van der Waals surface area contributed by atoms with Gasteiger partial charge in [-0.05, 0) is 6.07 Å². The standard InChI is InChI=1S/C9H11N5O3/c1-11-7-3-2-6(4-8(7)14(16)17)5-12-13-9(10)15/h2-5,11H,1H3,(H3,10,13,15). The third kappa shape index (κ3) is 3.45. The van der Waals surface area contributed by atoms with E-state index < -0.39 is 11.0 Å².